The van der Waals surface area contributed by atoms with E-state index in [2.05, 4.69) is 13.8 Å². The minimum absolute atomic E-state index is 0.0857. The largest absolute Gasteiger partial charge is 0.507 e. The third-order valence-corrected chi connectivity index (χ3v) is 5.93. The summed E-state index contributed by atoms with van der Waals surface area (Å²) in [6.07, 6.45) is 1.73. The van der Waals surface area contributed by atoms with Gasteiger partial charge in [0.1, 0.15) is 5.76 Å². The van der Waals surface area contributed by atoms with E-state index in [4.69, 9.17) is 4.74 Å². The molecule has 1 N–H and O–H groups in total. The van der Waals surface area contributed by atoms with Gasteiger partial charge in [-0.25, -0.2) is 0 Å². The molecule has 2 aliphatic heterocycles. The van der Waals surface area contributed by atoms with Crippen molar-refractivity contribution < 1.29 is 19.4 Å². The van der Waals surface area contributed by atoms with Crippen molar-refractivity contribution in [2.45, 2.75) is 44.8 Å². The van der Waals surface area contributed by atoms with Crippen molar-refractivity contribution >= 4 is 17.4 Å². The number of hydrogen-bond acceptors (Lipinski definition) is 4. The molecule has 4 rings (SSSR count). The number of aliphatic hydroxyl groups excluding tert-OH is 1. The molecule has 0 aromatic heterocycles. The summed E-state index contributed by atoms with van der Waals surface area (Å²) in [4.78, 5) is 27.6. The SMILES string of the molecule is CC(C)c1ccc(C2/C(=C(\O)c3ccccc3)C(=O)C(=O)N2CC2CCCO2)cc1. The van der Waals surface area contributed by atoms with E-state index >= 15 is 0 Å². The average Bonchev–Trinajstić information content (AvgIpc) is 3.36. The quantitative estimate of drug-likeness (QED) is 0.455. The molecular formula is C25H27NO4. The lowest BCUT2D eigenvalue weighted by Crippen LogP contribution is -2.36. The molecule has 0 aliphatic carbocycles. The smallest absolute Gasteiger partial charge is 0.295 e. The summed E-state index contributed by atoms with van der Waals surface area (Å²) >= 11 is 0. The molecule has 156 valence electrons. The predicted octanol–water partition coefficient (Wildman–Crippen LogP) is 4.41. The third kappa shape index (κ3) is 3.77. The molecule has 2 fully saturated rings. The number of carbonyl (C=O) groups is 2. The van der Waals surface area contributed by atoms with Gasteiger partial charge in [0.25, 0.3) is 11.7 Å². The fraction of sp³-hybridized carbons (Fsp3) is 0.360. The first-order valence-corrected chi connectivity index (χ1v) is 10.5. The van der Waals surface area contributed by atoms with Crippen LogP contribution in [-0.2, 0) is 14.3 Å². The minimum atomic E-state index is -0.646. The molecule has 0 spiro atoms. The first-order valence-electron chi connectivity index (χ1n) is 10.5. The van der Waals surface area contributed by atoms with Gasteiger partial charge in [0.2, 0.25) is 0 Å². The van der Waals surface area contributed by atoms with E-state index in [9.17, 15) is 14.7 Å². The Morgan fingerprint density at radius 1 is 1.10 bits per heavy atom. The molecule has 5 nitrogen and oxygen atoms in total. The number of amides is 1. The fourth-order valence-electron chi connectivity index (χ4n) is 4.24. The maximum Gasteiger partial charge on any atom is 0.295 e. The van der Waals surface area contributed by atoms with Crippen LogP contribution in [0.5, 0.6) is 0 Å². The molecule has 2 aromatic carbocycles. The zero-order valence-corrected chi connectivity index (χ0v) is 17.4. The van der Waals surface area contributed by atoms with Crippen molar-refractivity contribution in [1.29, 1.82) is 0 Å². The van der Waals surface area contributed by atoms with Crippen LogP contribution >= 0.6 is 0 Å². The van der Waals surface area contributed by atoms with Gasteiger partial charge in [-0.15, -0.1) is 0 Å². The molecule has 2 aromatic rings. The molecule has 5 heteroatoms. The van der Waals surface area contributed by atoms with Crippen molar-refractivity contribution in [1.82, 2.24) is 4.90 Å². The Kier molecular flexibility index (Phi) is 5.73. The Hall–Kier alpha value is -2.92. The van der Waals surface area contributed by atoms with E-state index in [1.54, 1.807) is 29.2 Å². The highest BCUT2D eigenvalue weighted by molar-refractivity contribution is 6.46. The molecule has 2 heterocycles. The van der Waals surface area contributed by atoms with Gasteiger partial charge < -0.3 is 14.7 Å². The van der Waals surface area contributed by atoms with Gasteiger partial charge in [-0.3, -0.25) is 9.59 Å². The van der Waals surface area contributed by atoms with E-state index in [-0.39, 0.29) is 17.4 Å². The van der Waals surface area contributed by atoms with Gasteiger partial charge in [-0.2, -0.15) is 0 Å². The second-order valence-corrected chi connectivity index (χ2v) is 8.27. The molecule has 0 radical (unpaired) electrons. The standard InChI is InChI=1S/C25H27NO4/c1-16(2)17-10-12-18(13-11-17)22-21(23(27)19-7-4-3-5-8-19)24(28)25(29)26(22)15-20-9-6-14-30-20/h3-5,7-8,10-13,16,20,22,27H,6,9,14-15H2,1-2H3/b23-21+. The molecule has 2 aliphatic rings. The number of likely N-dealkylation sites (tertiary alicyclic amines) is 1. The molecule has 2 atom stereocenters. The second-order valence-electron chi connectivity index (χ2n) is 8.27. The Morgan fingerprint density at radius 2 is 1.80 bits per heavy atom. The number of ether oxygens (including phenoxy) is 1. The molecular weight excluding hydrogens is 378 g/mol. The molecule has 30 heavy (non-hydrogen) atoms. The highest BCUT2D eigenvalue weighted by Crippen LogP contribution is 2.40. The molecule has 1 amide bonds. The molecule has 0 bridgehead atoms. The van der Waals surface area contributed by atoms with Crippen LogP contribution in [0.2, 0.25) is 0 Å². The number of benzene rings is 2. The summed E-state index contributed by atoms with van der Waals surface area (Å²) in [5.41, 5.74) is 2.66. The van der Waals surface area contributed by atoms with Crippen LogP contribution in [0.25, 0.3) is 5.76 Å². The molecule has 2 unspecified atom stereocenters. The highest BCUT2D eigenvalue weighted by Gasteiger charge is 2.47. The van der Waals surface area contributed by atoms with Crippen molar-refractivity contribution in [3.63, 3.8) is 0 Å². The Morgan fingerprint density at radius 3 is 2.40 bits per heavy atom. The zero-order valence-electron chi connectivity index (χ0n) is 17.4. The minimum Gasteiger partial charge on any atom is -0.507 e. The summed E-state index contributed by atoms with van der Waals surface area (Å²) in [6, 6.07) is 16.2. The zero-order chi connectivity index (χ0) is 21.3. The topological polar surface area (TPSA) is 66.8 Å². The Bertz CT molecular complexity index is 956. The number of aliphatic hydroxyl groups is 1. The van der Waals surface area contributed by atoms with Crippen LogP contribution in [0.15, 0.2) is 60.2 Å². The van der Waals surface area contributed by atoms with E-state index in [1.807, 2.05) is 30.3 Å². The Labute approximate surface area is 177 Å². The van der Waals surface area contributed by atoms with Gasteiger partial charge >= 0.3 is 0 Å². The normalized spacial score (nSPS) is 23.5. The number of ketones is 1. The van der Waals surface area contributed by atoms with Crippen molar-refractivity contribution in [2.75, 3.05) is 13.2 Å². The summed E-state index contributed by atoms with van der Waals surface area (Å²) in [5.74, 6) is -0.989. The van der Waals surface area contributed by atoms with Crippen LogP contribution in [0.1, 0.15) is 55.3 Å². The average molecular weight is 405 g/mol. The predicted molar refractivity (Wildman–Crippen MR) is 115 cm³/mol. The van der Waals surface area contributed by atoms with Crippen molar-refractivity contribution in [3.05, 3.63) is 76.9 Å². The van der Waals surface area contributed by atoms with E-state index in [0.29, 0.717) is 24.6 Å². The van der Waals surface area contributed by atoms with Crippen molar-refractivity contribution in [2.24, 2.45) is 0 Å². The lowest BCUT2D eigenvalue weighted by molar-refractivity contribution is -0.140. The summed E-state index contributed by atoms with van der Waals surface area (Å²) in [6.45, 7) is 5.25. The monoisotopic (exact) mass is 405 g/mol. The van der Waals surface area contributed by atoms with Gasteiger partial charge in [-0.05, 0) is 29.9 Å². The van der Waals surface area contributed by atoms with Crippen LogP contribution in [0.3, 0.4) is 0 Å². The molecule has 2 saturated heterocycles. The summed E-state index contributed by atoms with van der Waals surface area (Å²) < 4.78 is 5.73. The molecule has 0 saturated carbocycles. The first kappa shape index (κ1) is 20.4. The maximum atomic E-state index is 13.0. The Balaban J connectivity index is 1.80. The number of Topliss-reactive ketones (excluding diaryl/α,β-unsaturated/α-hetero) is 1. The van der Waals surface area contributed by atoms with Gasteiger partial charge in [-0.1, -0.05) is 68.4 Å². The van der Waals surface area contributed by atoms with E-state index in [0.717, 1.165) is 18.4 Å². The number of carbonyl (C=O) groups excluding carboxylic acids is 2. The fourth-order valence-corrected chi connectivity index (χ4v) is 4.24. The lowest BCUT2D eigenvalue weighted by Gasteiger charge is -2.27. The van der Waals surface area contributed by atoms with E-state index in [1.165, 1.54) is 5.56 Å². The summed E-state index contributed by atoms with van der Waals surface area (Å²) in [7, 11) is 0. The maximum absolute atomic E-state index is 13.0. The first-order chi connectivity index (χ1) is 14.5. The van der Waals surface area contributed by atoms with Gasteiger partial charge in [0.15, 0.2) is 0 Å². The van der Waals surface area contributed by atoms with E-state index < -0.39 is 17.7 Å². The third-order valence-electron chi connectivity index (χ3n) is 5.93. The van der Waals surface area contributed by atoms with Crippen LogP contribution in [0.4, 0.5) is 0 Å². The summed E-state index contributed by atoms with van der Waals surface area (Å²) in [5, 5.41) is 11.0. The van der Waals surface area contributed by atoms with Crippen LogP contribution < -0.4 is 0 Å². The lowest BCUT2D eigenvalue weighted by atomic mass is 9.93. The second kappa shape index (κ2) is 8.44. The van der Waals surface area contributed by atoms with Crippen LogP contribution in [-0.4, -0.2) is 41.0 Å². The highest BCUT2D eigenvalue weighted by atomic mass is 16.5. The number of hydrogen-bond donors (Lipinski definition) is 1. The van der Waals surface area contributed by atoms with Gasteiger partial charge in [0, 0.05) is 18.7 Å². The van der Waals surface area contributed by atoms with Crippen molar-refractivity contribution in [3.8, 4) is 0 Å². The number of rotatable bonds is 5. The van der Waals surface area contributed by atoms with Crippen LogP contribution in [0, 0.1) is 0 Å². The van der Waals surface area contributed by atoms with Gasteiger partial charge in [0.05, 0.1) is 17.7 Å². The number of nitrogens with zero attached hydrogens (tertiary/aromatic N) is 1.